The van der Waals surface area contributed by atoms with E-state index in [0.717, 1.165) is 17.7 Å². The molecule has 0 bridgehead atoms. The Hall–Kier alpha value is -3.30. The largest absolute Gasteiger partial charge is 0.497 e. The predicted molar refractivity (Wildman–Crippen MR) is 112 cm³/mol. The molecule has 166 valence electrons. The molecule has 10 heteroatoms. The van der Waals surface area contributed by atoms with Gasteiger partial charge in [-0.2, -0.15) is 4.98 Å². The number of ether oxygens (including phenoxy) is 1. The number of carboxylic acid groups (broad SMARTS) is 1. The Labute approximate surface area is 180 Å². The van der Waals surface area contributed by atoms with E-state index in [1.165, 1.54) is 4.90 Å². The first-order valence-corrected chi connectivity index (χ1v) is 10.5. The topological polar surface area (TPSA) is 121 Å². The molecule has 2 aliphatic rings. The van der Waals surface area contributed by atoms with Crippen LogP contribution in [0.3, 0.4) is 0 Å². The number of carbonyl (C=O) groups is 2. The van der Waals surface area contributed by atoms with Crippen LogP contribution in [0.2, 0.25) is 0 Å². The molecule has 3 heterocycles. The van der Waals surface area contributed by atoms with Crippen molar-refractivity contribution in [2.75, 3.05) is 44.7 Å². The van der Waals surface area contributed by atoms with Gasteiger partial charge >= 0.3 is 12.1 Å². The third-order valence-corrected chi connectivity index (χ3v) is 6.02. The molecule has 2 aliphatic heterocycles. The van der Waals surface area contributed by atoms with Gasteiger partial charge in [0.25, 0.3) is 0 Å². The van der Waals surface area contributed by atoms with Crippen LogP contribution in [0.1, 0.15) is 19.3 Å². The summed E-state index contributed by atoms with van der Waals surface area (Å²) in [7, 11) is 1.62. The van der Waals surface area contributed by atoms with E-state index in [2.05, 4.69) is 15.5 Å². The molecule has 0 radical (unpaired) electrons. The van der Waals surface area contributed by atoms with Crippen molar-refractivity contribution in [1.29, 1.82) is 0 Å². The van der Waals surface area contributed by atoms with E-state index in [1.807, 2.05) is 29.2 Å². The lowest BCUT2D eigenvalue weighted by atomic mass is 9.96. The maximum atomic E-state index is 12.5. The van der Waals surface area contributed by atoms with E-state index in [4.69, 9.17) is 14.4 Å². The van der Waals surface area contributed by atoms with Gasteiger partial charge in [0.05, 0.1) is 7.11 Å². The monoisotopic (exact) mass is 429 g/mol. The zero-order valence-corrected chi connectivity index (χ0v) is 17.5. The van der Waals surface area contributed by atoms with Crippen LogP contribution in [0.25, 0.3) is 11.4 Å². The van der Waals surface area contributed by atoms with Gasteiger partial charge < -0.3 is 29.5 Å². The molecule has 2 saturated heterocycles. The minimum atomic E-state index is -0.891. The van der Waals surface area contributed by atoms with E-state index < -0.39 is 6.09 Å². The molecule has 1 aromatic carbocycles. The van der Waals surface area contributed by atoms with Gasteiger partial charge in [0, 0.05) is 44.2 Å². The summed E-state index contributed by atoms with van der Waals surface area (Å²) in [6, 6.07) is 7.92. The number of hydrogen-bond donors (Lipinski definition) is 2. The minimum Gasteiger partial charge on any atom is -0.497 e. The average molecular weight is 429 g/mol. The number of amides is 2. The van der Waals surface area contributed by atoms with Crippen LogP contribution in [0.4, 0.5) is 10.8 Å². The van der Waals surface area contributed by atoms with Crippen LogP contribution < -0.4 is 15.0 Å². The number of benzene rings is 1. The van der Waals surface area contributed by atoms with Gasteiger partial charge in [0.2, 0.25) is 11.7 Å². The molecule has 2 fully saturated rings. The molecule has 0 aliphatic carbocycles. The fourth-order valence-corrected chi connectivity index (χ4v) is 4.10. The number of hydrogen-bond acceptors (Lipinski definition) is 7. The van der Waals surface area contributed by atoms with Gasteiger partial charge in [0.1, 0.15) is 5.75 Å². The first kappa shape index (κ1) is 21.0. The van der Waals surface area contributed by atoms with Gasteiger partial charge in [-0.05, 0) is 49.4 Å². The van der Waals surface area contributed by atoms with Gasteiger partial charge in [0.15, 0.2) is 0 Å². The lowest BCUT2D eigenvalue weighted by Gasteiger charge is -2.30. The molecule has 0 saturated carbocycles. The van der Waals surface area contributed by atoms with Crippen LogP contribution >= 0.6 is 0 Å². The SMILES string of the molecule is COc1ccc(-c2noc(N3CCC(C(=O)NCC4CCN(C(=O)O)C4)CC3)n2)cc1. The normalized spacial score (nSPS) is 19.5. The zero-order chi connectivity index (χ0) is 21.8. The van der Waals surface area contributed by atoms with Crippen molar-refractivity contribution in [1.82, 2.24) is 20.4 Å². The Kier molecular flexibility index (Phi) is 6.24. The fourth-order valence-electron chi connectivity index (χ4n) is 4.10. The summed E-state index contributed by atoms with van der Waals surface area (Å²) in [5.41, 5.74) is 0.846. The van der Waals surface area contributed by atoms with Crippen molar-refractivity contribution in [3.63, 3.8) is 0 Å². The maximum absolute atomic E-state index is 12.5. The number of likely N-dealkylation sites (tertiary alicyclic amines) is 1. The zero-order valence-electron chi connectivity index (χ0n) is 17.5. The second kappa shape index (κ2) is 9.23. The van der Waals surface area contributed by atoms with E-state index in [1.54, 1.807) is 7.11 Å². The van der Waals surface area contributed by atoms with Crippen molar-refractivity contribution < 1.29 is 24.0 Å². The van der Waals surface area contributed by atoms with Crippen molar-refractivity contribution in [3.05, 3.63) is 24.3 Å². The highest BCUT2D eigenvalue weighted by atomic mass is 16.5. The number of nitrogens with one attached hydrogen (secondary N) is 1. The van der Waals surface area contributed by atoms with Gasteiger partial charge in [-0.1, -0.05) is 5.16 Å². The van der Waals surface area contributed by atoms with Gasteiger partial charge in [-0.25, -0.2) is 4.79 Å². The summed E-state index contributed by atoms with van der Waals surface area (Å²) < 4.78 is 10.6. The number of piperidine rings is 1. The lowest BCUT2D eigenvalue weighted by molar-refractivity contribution is -0.125. The molecule has 31 heavy (non-hydrogen) atoms. The molecule has 1 unspecified atom stereocenters. The Morgan fingerprint density at radius 2 is 1.94 bits per heavy atom. The Bertz CT molecular complexity index is 907. The van der Waals surface area contributed by atoms with Gasteiger partial charge in [-0.3, -0.25) is 4.79 Å². The molecule has 1 atom stereocenters. The van der Waals surface area contributed by atoms with E-state index in [9.17, 15) is 9.59 Å². The summed E-state index contributed by atoms with van der Waals surface area (Å²) >= 11 is 0. The standard InChI is InChI=1S/C21H27N5O5/c1-30-17-4-2-15(3-5-17)18-23-20(31-24-18)25-10-7-16(8-11-25)19(27)22-12-14-6-9-26(13-14)21(28)29/h2-5,14,16H,6-13H2,1H3,(H,22,27)(H,28,29). The number of aromatic nitrogens is 2. The number of carbonyl (C=O) groups excluding carboxylic acids is 1. The molecule has 1 aromatic heterocycles. The first-order valence-electron chi connectivity index (χ1n) is 10.5. The smallest absolute Gasteiger partial charge is 0.407 e. The van der Waals surface area contributed by atoms with Gasteiger partial charge in [-0.15, -0.1) is 0 Å². The highest BCUT2D eigenvalue weighted by molar-refractivity contribution is 5.79. The van der Waals surface area contributed by atoms with E-state index in [-0.39, 0.29) is 17.7 Å². The Balaban J connectivity index is 1.24. The quantitative estimate of drug-likeness (QED) is 0.716. The Morgan fingerprint density at radius 3 is 2.58 bits per heavy atom. The molecular weight excluding hydrogens is 402 g/mol. The van der Waals surface area contributed by atoms with Crippen molar-refractivity contribution >= 4 is 18.0 Å². The minimum absolute atomic E-state index is 0.0397. The number of anilines is 1. The fraction of sp³-hybridized carbons (Fsp3) is 0.524. The second-order valence-corrected chi connectivity index (χ2v) is 8.02. The highest BCUT2D eigenvalue weighted by Crippen LogP contribution is 2.26. The third kappa shape index (κ3) is 4.89. The lowest BCUT2D eigenvalue weighted by Crippen LogP contribution is -2.42. The summed E-state index contributed by atoms with van der Waals surface area (Å²) in [5.74, 6) is 1.45. The van der Waals surface area contributed by atoms with E-state index >= 15 is 0 Å². The van der Waals surface area contributed by atoms with Crippen molar-refractivity contribution in [3.8, 4) is 17.1 Å². The summed E-state index contributed by atoms with van der Waals surface area (Å²) in [5, 5.41) is 16.1. The second-order valence-electron chi connectivity index (χ2n) is 8.02. The van der Waals surface area contributed by atoms with Crippen LogP contribution in [0.15, 0.2) is 28.8 Å². The first-order chi connectivity index (χ1) is 15.0. The summed E-state index contributed by atoms with van der Waals surface area (Å²) in [6.45, 7) is 2.88. The maximum Gasteiger partial charge on any atom is 0.407 e. The van der Waals surface area contributed by atoms with Crippen LogP contribution in [-0.4, -0.2) is 72.0 Å². The number of nitrogens with zero attached hydrogens (tertiary/aromatic N) is 4. The third-order valence-electron chi connectivity index (χ3n) is 6.02. The van der Waals surface area contributed by atoms with Crippen LogP contribution in [0, 0.1) is 11.8 Å². The highest BCUT2D eigenvalue weighted by Gasteiger charge is 2.30. The van der Waals surface area contributed by atoms with Crippen LogP contribution in [0.5, 0.6) is 5.75 Å². The molecule has 2 aromatic rings. The molecule has 0 spiro atoms. The molecule has 2 amide bonds. The Morgan fingerprint density at radius 1 is 1.19 bits per heavy atom. The molecule has 4 rings (SSSR count). The van der Waals surface area contributed by atoms with Crippen molar-refractivity contribution in [2.45, 2.75) is 19.3 Å². The number of rotatable bonds is 6. The molecular formula is C21H27N5O5. The van der Waals surface area contributed by atoms with Crippen molar-refractivity contribution in [2.24, 2.45) is 11.8 Å². The average Bonchev–Trinajstić information content (AvgIpc) is 3.48. The summed E-state index contributed by atoms with van der Waals surface area (Å²) in [6.07, 6.45) is 1.31. The van der Waals surface area contributed by atoms with Crippen LogP contribution in [-0.2, 0) is 4.79 Å². The number of methoxy groups -OCH3 is 1. The molecule has 2 N–H and O–H groups in total. The van der Waals surface area contributed by atoms with E-state index in [0.29, 0.717) is 57.4 Å². The summed E-state index contributed by atoms with van der Waals surface area (Å²) in [4.78, 5) is 31.4. The predicted octanol–water partition coefficient (Wildman–Crippen LogP) is 2.08. The molecule has 10 nitrogen and oxygen atoms in total.